The van der Waals surface area contributed by atoms with Crippen molar-refractivity contribution in [2.75, 3.05) is 39.6 Å². The number of carbonyl (C=O) groups excluding carboxylic acids is 1. The van der Waals surface area contributed by atoms with Gasteiger partial charge in [-0.25, -0.2) is 4.79 Å². The molecule has 1 aliphatic rings. The molecule has 1 N–H and O–H groups in total. The van der Waals surface area contributed by atoms with Crippen LogP contribution in [0, 0.1) is 0 Å². The molecule has 1 unspecified atom stereocenters. The van der Waals surface area contributed by atoms with E-state index in [1.807, 2.05) is 43.3 Å². The van der Waals surface area contributed by atoms with Crippen molar-refractivity contribution in [3.63, 3.8) is 0 Å². The maximum absolute atomic E-state index is 12.3. The minimum atomic E-state index is -0.0143. The fourth-order valence-corrected chi connectivity index (χ4v) is 2.58. The Labute approximate surface area is 120 Å². The summed E-state index contributed by atoms with van der Waals surface area (Å²) in [7, 11) is 5.71. The number of hydrogen-bond acceptors (Lipinski definition) is 3. The number of benzene rings is 1. The summed E-state index contributed by atoms with van der Waals surface area (Å²) in [6.45, 7) is 1.75. The van der Waals surface area contributed by atoms with Crippen molar-refractivity contribution in [1.29, 1.82) is 0 Å². The number of likely N-dealkylation sites (tertiary alicyclic amines) is 1. The monoisotopic (exact) mass is 277 g/mol. The number of ether oxygens (including phenoxy) is 1. The molecule has 1 aromatic rings. The minimum Gasteiger partial charge on any atom is -0.497 e. The lowest BCUT2D eigenvalue weighted by atomic mass is 10.2. The Balaban J connectivity index is 1.96. The van der Waals surface area contributed by atoms with Crippen LogP contribution in [0.1, 0.15) is 12.8 Å². The molecule has 0 radical (unpaired) electrons. The summed E-state index contributed by atoms with van der Waals surface area (Å²) in [6, 6.07) is 7.69. The number of hydrogen-bond donors (Lipinski definition) is 1. The van der Waals surface area contributed by atoms with Crippen molar-refractivity contribution in [2.24, 2.45) is 0 Å². The highest BCUT2D eigenvalue weighted by atomic mass is 16.5. The van der Waals surface area contributed by atoms with E-state index in [0.29, 0.717) is 6.04 Å². The highest BCUT2D eigenvalue weighted by Crippen LogP contribution is 2.20. The maximum atomic E-state index is 12.3. The highest BCUT2D eigenvalue weighted by molar-refractivity contribution is 5.89. The molecular weight excluding hydrogens is 254 g/mol. The summed E-state index contributed by atoms with van der Waals surface area (Å²) in [5, 5.41) is 2.95. The van der Waals surface area contributed by atoms with Gasteiger partial charge in [0, 0.05) is 24.8 Å². The van der Waals surface area contributed by atoms with Crippen LogP contribution in [0.15, 0.2) is 24.3 Å². The predicted molar refractivity (Wildman–Crippen MR) is 80.3 cm³/mol. The Bertz CT molecular complexity index is 445. The van der Waals surface area contributed by atoms with Crippen LogP contribution in [0.2, 0.25) is 0 Å². The van der Waals surface area contributed by atoms with Crippen LogP contribution in [-0.4, -0.2) is 56.2 Å². The first-order chi connectivity index (χ1) is 9.60. The zero-order chi connectivity index (χ0) is 14.5. The SMILES string of the molecule is COc1ccc(NC(=O)N2CCCC2CN(C)C)cc1. The van der Waals surface area contributed by atoms with Gasteiger partial charge < -0.3 is 19.9 Å². The van der Waals surface area contributed by atoms with Gasteiger partial charge in [-0.2, -0.15) is 0 Å². The molecule has 2 rings (SSSR count). The van der Waals surface area contributed by atoms with Gasteiger partial charge in [0.1, 0.15) is 5.75 Å². The fraction of sp³-hybridized carbons (Fsp3) is 0.533. The van der Waals surface area contributed by atoms with Gasteiger partial charge in [-0.3, -0.25) is 0 Å². The number of rotatable bonds is 4. The second-order valence-electron chi connectivity index (χ2n) is 5.41. The van der Waals surface area contributed by atoms with Crippen LogP contribution in [0.5, 0.6) is 5.75 Å². The van der Waals surface area contributed by atoms with Crippen molar-refractivity contribution in [3.05, 3.63) is 24.3 Å². The van der Waals surface area contributed by atoms with Gasteiger partial charge in [0.05, 0.1) is 7.11 Å². The normalized spacial score (nSPS) is 18.4. The number of likely N-dealkylation sites (N-methyl/N-ethyl adjacent to an activating group) is 1. The number of amides is 2. The van der Waals surface area contributed by atoms with Crippen LogP contribution in [-0.2, 0) is 0 Å². The van der Waals surface area contributed by atoms with E-state index in [0.717, 1.165) is 37.4 Å². The van der Waals surface area contributed by atoms with Crippen LogP contribution in [0.4, 0.5) is 10.5 Å². The first kappa shape index (κ1) is 14.7. The van der Waals surface area contributed by atoms with Gasteiger partial charge in [-0.1, -0.05) is 0 Å². The third kappa shape index (κ3) is 3.63. The quantitative estimate of drug-likeness (QED) is 0.918. The second-order valence-corrected chi connectivity index (χ2v) is 5.41. The first-order valence-electron chi connectivity index (χ1n) is 6.96. The lowest BCUT2D eigenvalue weighted by molar-refractivity contribution is 0.193. The molecule has 0 spiro atoms. The average molecular weight is 277 g/mol. The molecule has 1 heterocycles. The smallest absolute Gasteiger partial charge is 0.322 e. The molecule has 0 saturated carbocycles. The van der Waals surface area contributed by atoms with Crippen LogP contribution in [0.25, 0.3) is 0 Å². The molecule has 5 heteroatoms. The second kappa shape index (κ2) is 6.61. The molecule has 1 saturated heterocycles. The molecule has 2 amide bonds. The fourth-order valence-electron chi connectivity index (χ4n) is 2.58. The molecule has 0 bridgehead atoms. The topological polar surface area (TPSA) is 44.8 Å². The van der Waals surface area contributed by atoms with Gasteiger partial charge in [0.15, 0.2) is 0 Å². The number of carbonyl (C=O) groups is 1. The van der Waals surface area contributed by atoms with E-state index in [4.69, 9.17) is 4.74 Å². The zero-order valence-corrected chi connectivity index (χ0v) is 12.4. The van der Waals surface area contributed by atoms with Gasteiger partial charge in [0.25, 0.3) is 0 Å². The molecule has 110 valence electrons. The van der Waals surface area contributed by atoms with E-state index in [1.54, 1.807) is 7.11 Å². The summed E-state index contributed by atoms with van der Waals surface area (Å²) >= 11 is 0. The van der Waals surface area contributed by atoms with Gasteiger partial charge in [-0.15, -0.1) is 0 Å². The highest BCUT2D eigenvalue weighted by Gasteiger charge is 2.28. The molecule has 20 heavy (non-hydrogen) atoms. The molecule has 0 aromatic heterocycles. The molecule has 5 nitrogen and oxygen atoms in total. The largest absolute Gasteiger partial charge is 0.497 e. The molecule has 0 aliphatic carbocycles. The third-order valence-electron chi connectivity index (χ3n) is 3.56. The van der Waals surface area contributed by atoms with Crippen molar-refractivity contribution >= 4 is 11.7 Å². The van der Waals surface area contributed by atoms with Crippen LogP contribution in [0.3, 0.4) is 0 Å². The maximum Gasteiger partial charge on any atom is 0.322 e. The van der Waals surface area contributed by atoms with E-state index in [-0.39, 0.29) is 6.03 Å². The molecule has 1 fully saturated rings. The number of nitrogens with one attached hydrogen (secondary N) is 1. The summed E-state index contributed by atoms with van der Waals surface area (Å²) in [6.07, 6.45) is 2.16. The Hall–Kier alpha value is -1.75. The van der Waals surface area contributed by atoms with Crippen LogP contribution < -0.4 is 10.1 Å². The van der Waals surface area contributed by atoms with Crippen molar-refractivity contribution in [1.82, 2.24) is 9.80 Å². The predicted octanol–water partition coefficient (Wildman–Crippen LogP) is 2.25. The summed E-state index contributed by atoms with van der Waals surface area (Å²) < 4.78 is 5.11. The molecule has 1 aromatic carbocycles. The van der Waals surface area contributed by atoms with E-state index in [1.165, 1.54) is 0 Å². The lowest BCUT2D eigenvalue weighted by Gasteiger charge is -2.27. The third-order valence-corrected chi connectivity index (χ3v) is 3.56. The standard InChI is InChI=1S/C15H23N3O2/c1-17(2)11-13-5-4-10-18(13)15(19)16-12-6-8-14(20-3)9-7-12/h6-9,13H,4-5,10-11H2,1-3H3,(H,16,19). The molecule has 1 atom stereocenters. The van der Waals surface area contributed by atoms with Gasteiger partial charge in [-0.05, 0) is 51.2 Å². The van der Waals surface area contributed by atoms with Crippen molar-refractivity contribution in [2.45, 2.75) is 18.9 Å². The van der Waals surface area contributed by atoms with Crippen molar-refractivity contribution < 1.29 is 9.53 Å². The zero-order valence-electron chi connectivity index (χ0n) is 12.4. The first-order valence-corrected chi connectivity index (χ1v) is 6.96. The summed E-state index contributed by atoms with van der Waals surface area (Å²) in [5.41, 5.74) is 0.798. The summed E-state index contributed by atoms with van der Waals surface area (Å²) in [5.74, 6) is 0.787. The Morgan fingerprint density at radius 1 is 1.40 bits per heavy atom. The number of anilines is 1. The van der Waals surface area contributed by atoms with Crippen molar-refractivity contribution in [3.8, 4) is 5.75 Å². The van der Waals surface area contributed by atoms with E-state index < -0.39 is 0 Å². The van der Waals surface area contributed by atoms with E-state index >= 15 is 0 Å². The number of urea groups is 1. The van der Waals surface area contributed by atoms with Gasteiger partial charge >= 0.3 is 6.03 Å². The Morgan fingerprint density at radius 3 is 2.70 bits per heavy atom. The minimum absolute atomic E-state index is 0.0143. The average Bonchev–Trinajstić information content (AvgIpc) is 2.87. The summed E-state index contributed by atoms with van der Waals surface area (Å²) in [4.78, 5) is 16.4. The number of nitrogens with zero attached hydrogens (tertiary/aromatic N) is 2. The van der Waals surface area contributed by atoms with E-state index in [9.17, 15) is 4.79 Å². The van der Waals surface area contributed by atoms with Gasteiger partial charge in [0.2, 0.25) is 0 Å². The van der Waals surface area contributed by atoms with E-state index in [2.05, 4.69) is 10.2 Å². The van der Waals surface area contributed by atoms with Crippen LogP contribution >= 0.6 is 0 Å². The Kier molecular flexibility index (Phi) is 4.84. The Morgan fingerprint density at radius 2 is 2.10 bits per heavy atom. The lowest BCUT2D eigenvalue weighted by Crippen LogP contribution is -2.43. The molecular formula is C15H23N3O2. The number of methoxy groups -OCH3 is 1. The molecule has 1 aliphatic heterocycles.